The fourth-order valence-electron chi connectivity index (χ4n) is 4.22. The van der Waals surface area contributed by atoms with Crippen LogP contribution in [0.25, 0.3) is 6.08 Å². The van der Waals surface area contributed by atoms with Gasteiger partial charge in [0.05, 0.1) is 35.8 Å². The molecule has 0 saturated carbocycles. The van der Waals surface area contributed by atoms with E-state index >= 15 is 0 Å². The molecule has 0 bridgehead atoms. The van der Waals surface area contributed by atoms with Crippen LogP contribution in [0.1, 0.15) is 66.5 Å². The molecule has 1 aliphatic heterocycles. The molecule has 1 amide bonds. The molecule has 1 aliphatic rings. The van der Waals surface area contributed by atoms with Gasteiger partial charge in [0, 0.05) is 12.1 Å². The van der Waals surface area contributed by atoms with Crippen LogP contribution in [0.4, 0.5) is 0 Å². The van der Waals surface area contributed by atoms with Crippen molar-refractivity contribution in [1.82, 2.24) is 10.3 Å². The van der Waals surface area contributed by atoms with Gasteiger partial charge in [-0.25, -0.2) is 0 Å². The number of pyridine rings is 1. The van der Waals surface area contributed by atoms with Crippen LogP contribution in [-0.2, 0) is 9.59 Å². The van der Waals surface area contributed by atoms with Crippen molar-refractivity contribution in [1.29, 1.82) is 0 Å². The number of amides is 1. The smallest absolute Gasteiger partial charge is 0.223 e. The molecule has 7 heteroatoms. The van der Waals surface area contributed by atoms with E-state index in [0.29, 0.717) is 0 Å². The van der Waals surface area contributed by atoms with Gasteiger partial charge in [-0.05, 0) is 64.3 Å². The zero-order chi connectivity index (χ0) is 24.8. The molecule has 0 aliphatic carbocycles. The molecule has 0 fully saturated rings. The number of ketones is 1. The molecular formula is C26H39IN2O4. The van der Waals surface area contributed by atoms with Crippen LogP contribution >= 0.6 is 20.7 Å². The van der Waals surface area contributed by atoms with Crippen molar-refractivity contribution in [2.45, 2.75) is 79.1 Å². The number of carbonyl (C=O) groups excluding carboxylic acids is 2. The van der Waals surface area contributed by atoms with E-state index in [1.807, 2.05) is 38.1 Å². The summed E-state index contributed by atoms with van der Waals surface area (Å²) in [6, 6.07) is 5.49. The number of carbonyl (C=O) groups is 2. The maximum absolute atomic E-state index is 13.1. The van der Waals surface area contributed by atoms with Gasteiger partial charge in [-0.15, -0.1) is 20.7 Å². The lowest BCUT2D eigenvalue weighted by Crippen LogP contribution is -2.47. The van der Waals surface area contributed by atoms with Crippen molar-refractivity contribution in [3.05, 3.63) is 35.7 Å². The Morgan fingerprint density at radius 2 is 1.94 bits per heavy atom. The number of nitrogens with zero attached hydrogens (tertiary/aromatic N) is 1. The predicted octanol–water partition coefficient (Wildman–Crippen LogP) is 3.91. The lowest BCUT2D eigenvalue weighted by Gasteiger charge is -2.34. The maximum Gasteiger partial charge on any atom is 0.223 e. The summed E-state index contributed by atoms with van der Waals surface area (Å²) in [7, 11) is 0. The quantitative estimate of drug-likeness (QED) is 0.370. The van der Waals surface area contributed by atoms with Crippen LogP contribution in [0, 0.1) is 17.3 Å². The van der Waals surface area contributed by atoms with Crippen LogP contribution in [0.3, 0.4) is 0 Å². The molecule has 3 N–H and O–H groups in total. The minimum atomic E-state index is -1.14. The molecule has 184 valence electrons. The molecule has 2 rings (SSSR count). The van der Waals surface area contributed by atoms with Gasteiger partial charge in [0.2, 0.25) is 5.91 Å². The Morgan fingerprint density at radius 3 is 2.58 bits per heavy atom. The largest absolute Gasteiger partial charge is 0.392 e. The average molecular weight is 571 g/mol. The van der Waals surface area contributed by atoms with Crippen LogP contribution in [-0.4, -0.2) is 53.1 Å². The summed E-state index contributed by atoms with van der Waals surface area (Å²) in [6.07, 6.45) is 3.46. The first-order valence-electron chi connectivity index (χ1n) is 11.7. The number of halogens is 1. The molecule has 0 radical (unpaired) electrons. The SMILES string of the molecule is CC1=ICCCC(C)C(O)C(C)C(=O)C(C)(C)C(O)CC(=O)NC1/C(C)=C/c1ccccn1. The zero-order valence-corrected chi connectivity index (χ0v) is 22.8. The average Bonchev–Trinajstić information content (AvgIpc) is 2.78. The van der Waals surface area contributed by atoms with E-state index in [4.69, 9.17) is 0 Å². The van der Waals surface area contributed by atoms with E-state index in [-0.39, 0.29) is 50.8 Å². The summed E-state index contributed by atoms with van der Waals surface area (Å²) in [5.74, 6) is -1.11. The number of rotatable bonds is 2. The second-order valence-corrected chi connectivity index (χ2v) is 13.3. The summed E-state index contributed by atoms with van der Waals surface area (Å²) in [4.78, 5) is 30.5. The number of aromatic nitrogens is 1. The highest BCUT2D eigenvalue weighted by atomic mass is 127. The molecule has 0 aromatic carbocycles. The fraction of sp³-hybridized carbons (Fsp3) is 0.615. The Balaban J connectivity index is 2.37. The summed E-state index contributed by atoms with van der Waals surface area (Å²) in [5, 5.41) is 24.7. The third kappa shape index (κ3) is 7.52. The number of aliphatic hydroxyl groups excluding tert-OH is 2. The predicted molar refractivity (Wildman–Crippen MR) is 142 cm³/mol. The summed E-state index contributed by atoms with van der Waals surface area (Å²) in [5.41, 5.74) is 0.679. The van der Waals surface area contributed by atoms with Crippen molar-refractivity contribution in [3.8, 4) is 0 Å². The minimum absolute atomic E-state index is 0.00678. The molecule has 1 aromatic rings. The highest BCUT2D eigenvalue weighted by Crippen LogP contribution is 2.32. The van der Waals surface area contributed by atoms with E-state index in [9.17, 15) is 19.8 Å². The molecule has 0 spiro atoms. The Hall–Kier alpha value is -1.45. The number of Topliss-reactive ketones (excluding diaryl/α,β-unsaturated/α-hetero) is 1. The Kier molecular flexibility index (Phi) is 10.4. The monoisotopic (exact) mass is 570 g/mol. The molecule has 2 heterocycles. The van der Waals surface area contributed by atoms with Gasteiger partial charge in [0.1, 0.15) is 5.78 Å². The molecule has 0 saturated heterocycles. The Bertz CT molecular complexity index is 882. The van der Waals surface area contributed by atoms with E-state index in [2.05, 4.69) is 17.2 Å². The number of nitrogens with one attached hydrogen (secondary N) is 1. The van der Waals surface area contributed by atoms with E-state index < -0.39 is 23.5 Å². The van der Waals surface area contributed by atoms with Crippen LogP contribution < -0.4 is 5.32 Å². The number of aliphatic hydroxyl groups is 2. The van der Waals surface area contributed by atoms with Crippen LogP contribution in [0.2, 0.25) is 0 Å². The normalized spacial score (nSPS) is 30.8. The van der Waals surface area contributed by atoms with Gasteiger partial charge in [0.15, 0.2) is 0 Å². The van der Waals surface area contributed by atoms with E-state index in [1.54, 1.807) is 27.0 Å². The van der Waals surface area contributed by atoms with Crippen LogP contribution in [0.15, 0.2) is 30.0 Å². The van der Waals surface area contributed by atoms with Gasteiger partial charge >= 0.3 is 0 Å². The molecule has 6 nitrogen and oxygen atoms in total. The highest BCUT2D eigenvalue weighted by Gasteiger charge is 2.42. The van der Waals surface area contributed by atoms with Crippen molar-refractivity contribution in [2.75, 3.05) is 4.43 Å². The van der Waals surface area contributed by atoms with Gasteiger partial charge < -0.3 is 15.5 Å². The highest BCUT2D eigenvalue weighted by molar-refractivity contribution is 14.2. The second kappa shape index (κ2) is 12.3. The minimum Gasteiger partial charge on any atom is -0.392 e. The van der Waals surface area contributed by atoms with Crippen molar-refractivity contribution >= 4 is 42.0 Å². The van der Waals surface area contributed by atoms with Gasteiger partial charge in [0.25, 0.3) is 0 Å². The number of hydrogen-bond donors (Lipinski definition) is 3. The summed E-state index contributed by atoms with van der Waals surface area (Å²) >= 11 is -0.292. The molecule has 5 atom stereocenters. The zero-order valence-electron chi connectivity index (χ0n) is 20.6. The molecule has 5 unspecified atom stereocenters. The third-order valence-electron chi connectivity index (χ3n) is 6.68. The van der Waals surface area contributed by atoms with E-state index in [1.165, 1.54) is 3.51 Å². The molecule has 33 heavy (non-hydrogen) atoms. The first kappa shape index (κ1) is 27.8. The van der Waals surface area contributed by atoms with Gasteiger partial charge in [-0.3, -0.25) is 14.6 Å². The maximum atomic E-state index is 13.1. The Morgan fingerprint density at radius 1 is 1.24 bits per heavy atom. The summed E-state index contributed by atoms with van der Waals surface area (Å²) < 4.78 is 2.29. The number of hydrogen-bond acceptors (Lipinski definition) is 5. The second-order valence-electron chi connectivity index (χ2n) is 9.76. The summed E-state index contributed by atoms with van der Waals surface area (Å²) in [6.45, 7) is 11.1. The lowest BCUT2D eigenvalue weighted by molar-refractivity contribution is -0.143. The number of alkyl halides is 1. The molecular weight excluding hydrogens is 531 g/mol. The first-order valence-corrected chi connectivity index (χ1v) is 14.3. The third-order valence-corrected chi connectivity index (χ3v) is 9.80. The van der Waals surface area contributed by atoms with Crippen molar-refractivity contribution in [3.63, 3.8) is 0 Å². The standard InChI is InChI=1S/C26H39IN2O4/c1-16-10-9-12-27-19(4)23(17(2)14-20-11-7-8-13-28-20)29-22(31)15-21(30)26(5,6)25(33)18(3)24(16)32/h7-8,11,13-14,16,18,21,23-24,30,32H,9-10,12,15H2,1-6H3,(H,29,31)/b17-14+. The lowest BCUT2D eigenvalue weighted by atomic mass is 9.73. The van der Waals surface area contributed by atoms with Gasteiger partial charge in [-0.2, -0.15) is 0 Å². The Labute approximate surface area is 208 Å². The van der Waals surface area contributed by atoms with Crippen LogP contribution in [0.5, 0.6) is 0 Å². The molecule has 1 aromatic heterocycles. The van der Waals surface area contributed by atoms with E-state index in [0.717, 1.165) is 28.5 Å². The first-order chi connectivity index (χ1) is 15.4. The topological polar surface area (TPSA) is 99.5 Å². The fourth-order valence-corrected chi connectivity index (χ4v) is 6.98. The van der Waals surface area contributed by atoms with Gasteiger partial charge in [-0.1, -0.05) is 33.8 Å². The van der Waals surface area contributed by atoms with Crippen molar-refractivity contribution in [2.24, 2.45) is 17.3 Å². The van der Waals surface area contributed by atoms with Crippen molar-refractivity contribution < 1.29 is 19.8 Å².